The summed E-state index contributed by atoms with van der Waals surface area (Å²) in [6.07, 6.45) is 0. The third-order valence-corrected chi connectivity index (χ3v) is 4.38. The van der Waals surface area contributed by atoms with Crippen LogP contribution in [0, 0.1) is 13.8 Å². The number of aryl methyl sites for hydroxylation is 2. The summed E-state index contributed by atoms with van der Waals surface area (Å²) in [5, 5.41) is 3.38. The zero-order valence-electron chi connectivity index (χ0n) is 12.8. The van der Waals surface area contributed by atoms with E-state index in [1.807, 2.05) is 24.3 Å². The van der Waals surface area contributed by atoms with E-state index in [1.165, 1.54) is 15.3 Å². The van der Waals surface area contributed by atoms with Crippen LogP contribution in [-0.4, -0.2) is 18.5 Å². The molecule has 2 aromatic heterocycles. The molecule has 0 aromatic carbocycles. The van der Waals surface area contributed by atoms with Crippen molar-refractivity contribution < 1.29 is 4.42 Å². The molecule has 0 amide bonds. The molecule has 0 atom stereocenters. The predicted octanol–water partition coefficient (Wildman–Crippen LogP) is 3.70. The third kappa shape index (κ3) is 4.20. The SMILES string of the molecule is CCNCc1cc(CN(C)Cc2ccc(C)o2)c(C)s1. The summed E-state index contributed by atoms with van der Waals surface area (Å²) in [5.41, 5.74) is 1.42. The van der Waals surface area contributed by atoms with Gasteiger partial charge in [-0.3, -0.25) is 4.90 Å². The van der Waals surface area contributed by atoms with Crippen molar-refractivity contribution >= 4 is 11.3 Å². The van der Waals surface area contributed by atoms with Gasteiger partial charge in [-0.15, -0.1) is 11.3 Å². The first-order valence-electron chi connectivity index (χ1n) is 7.11. The fourth-order valence-electron chi connectivity index (χ4n) is 2.26. The van der Waals surface area contributed by atoms with Gasteiger partial charge in [-0.2, -0.15) is 0 Å². The van der Waals surface area contributed by atoms with Gasteiger partial charge in [0.05, 0.1) is 6.54 Å². The Balaban J connectivity index is 1.93. The maximum atomic E-state index is 5.63. The van der Waals surface area contributed by atoms with Gasteiger partial charge in [-0.05, 0) is 51.2 Å². The van der Waals surface area contributed by atoms with E-state index in [4.69, 9.17) is 4.42 Å². The van der Waals surface area contributed by atoms with Gasteiger partial charge >= 0.3 is 0 Å². The van der Waals surface area contributed by atoms with E-state index in [0.717, 1.165) is 37.7 Å². The Labute approximate surface area is 125 Å². The standard InChI is InChI=1S/C16H24N2OS/c1-5-17-9-16-8-14(13(3)20-16)10-18(4)11-15-7-6-12(2)19-15/h6-8,17H,5,9-11H2,1-4H3. The molecule has 4 heteroatoms. The number of nitrogens with one attached hydrogen (secondary N) is 1. The minimum atomic E-state index is 0.853. The lowest BCUT2D eigenvalue weighted by atomic mass is 10.2. The number of hydrogen-bond donors (Lipinski definition) is 1. The molecule has 2 heterocycles. The highest BCUT2D eigenvalue weighted by Crippen LogP contribution is 2.23. The third-order valence-electron chi connectivity index (χ3n) is 3.28. The van der Waals surface area contributed by atoms with Crippen LogP contribution in [-0.2, 0) is 19.6 Å². The van der Waals surface area contributed by atoms with Gasteiger partial charge in [-0.25, -0.2) is 0 Å². The molecule has 20 heavy (non-hydrogen) atoms. The summed E-state index contributed by atoms with van der Waals surface area (Å²) in [4.78, 5) is 5.13. The molecule has 2 aromatic rings. The summed E-state index contributed by atoms with van der Waals surface area (Å²) >= 11 is 1.89. The Morgan fingerprint density at radius 3 is 2.70 bits per heavy atom. The molecule has 2 rings (SSSR count). The minimum absolute atomic E-state index is 0.853. The normalized spacial score (nSPS) is 11.4. The second-order valence-electron chi connectivity index (χ2n) is 5.26. The number of thiophene rings is 1. The van der Waals surface area contributed by atoms with Crippen molar-refractivity contribution in [2.75, 3.05) is 13.6 Å². The highest BCUT2D eigenvalue weighted by atomic mass is 32.1. The molecule has 110 valence electrons. The Morgan fingerprint density at radius 2 is 2.05 bits per heavy atom. The molecule has 3 nitrogen and oxygen atoms in total. The van der Waals surface area contributed by atoms with E-state index in [0.29, 0.717) is 0 Å². The average Bonchev–Trinajstić information content (AvgIpc) is 2.94. The smallest absolute Gasteiger partial charge is 0.118 e. The molecular formula is C16H24N2OS. The van der Waals surface area contributed by atoms with E-state index >= 15 is 0 Å². The topological polar surface area (TPSA) is 28.4 Å². The van der Waals surface area contributed by atoms with Crippen molar-refractivity contribution in [3.05, 3.63) is 45.0 Å². The van der Waals surface area contributed by atoms with Crippen LogP contribution in [0.5, 0.6) is 0 Å². The van der Waals surface area contributed by atoms with Crippen molar-refractivity contribution in [2.45, 2.75) is 40.4 Å². The van der Waals surface area contributed by atoms with Gasteiger partial charge in [0.25, 0.3) is 0 Å². The fourth-order valence-corrected chi connectivity index (χ4v) is 3.29. The van der Waals surface area contributed by atoms with Gasteiger partial charge in [0, 0.05) is 22.8 Å². The lowest BCUT2D eigenvalue weighted by molar-refractivity contribution is 0.285. The van der Waals surface area contributed by atoms with Crippen molar-refractivity contribution in [3.8, 4) is 0 Å². The maximum Gasteiger partial charge on any atom is 0.118 e. The summed E-state index contributed by atoms with van der Waals surface area (Å²) in [6, 6.07) is 6.41. The van der Waals surface area contributed by atoms with Gasteiger partial charge in [0.1, 0.15) is 11.5 Å². The van der Waals surface area contributed by atoms with E-state index in [2.05, 4.69) is 43.2 Å². The van der Waals surface area contributed by atoms with E-state index in [-0.39, 0.29) is 0 Å². The van der Waals surface area contributed by atoms with Crippen LogP contribution in [0.2, 0.25) is 0 Å². The average molecular weight is 292 g/mol. The number of rotatable bonds is 7. The summed E-state index contributed by atoms with van der Waals surface area (Å²) in [7, 11) is 2.14. The minimum Gasteiger partial charge on any atom is -0.465 e. The van der Waals surface area contributed by atoms with E-state index in [9.17, 15) is 0 Å². The van der Waals surface area contributed by atoms with Crippen LogP contribution in [0.4, 0.5) is 0 Å². The largest absolute Gasteiger partial charge is 0.465 e. The van der Waals surface area contributed by atoms with Crippen LogP contribution < -0.4 is 5.32 Å². The Hall–Kier alpha value is -1.10. The molecule has 0 saturated carbocycles. The number of hydrogen-bond acceptors (Lipinski definition) is 4. The van der Waals surface area contributed by atoms with E-state index in [1.54, 1.807) is 0 Å². The van der Waals surface area contributed by atoms with Gasteiger partial charge in [0.15, 0.2) is 0 Å². The predicted molar refractivity (Wildman–Crippen MR) is 85.1 cm³/mol. The summed E-state index contributed by atoms with van der Waals surface area (Å²) in [6.45, 7) is 10.1. The molecule has 0 saturated heterocycles. The molecule has 0 fully saturated rings. The molecule has 0 aliphatic heterocycles. The highest BCUT2D eigenvalue weighted by molar-refractivity contribution is 7.12. The molecule has 0 unspecified atom stereocenters. The van der Waals surface area contributed by atoms with Crippen molar-refractivity contribution in [3.63, 3.8) is 0 Å². The Morgan fingerprint density at radius 1 is 1.25 bits per heavy atom. The van der Waals surface area contributed by atoms with Crippen molar-refractivity contribution in [1.29, 1.82) is 0 Å². The van der Waals surface area contributed by atoms with Crippen LogP contribution in [0.15, 0.2) is 22.6 Å². The second kappa shape index (κ2) is 7.07. The zero-order valence-corrected chi connectivity index (χ0v) is 13.6. The molecule has 0 bridgehead atoms. The van der Waals surface area contributed by atoms with Crippen LogP contribution in [0.25, 0.3) is 0 Å². The van der Waals surface area contributed by atoms with Crippen LogP contribution >= 0.6 is 11.3 Å². The molecule has 1 N–H and O–H groups in total. The molecule has 0 aliphatic rings. The molecule has 0 spiro atoms. The van der Waals surface area contributed by atoms with Crippen LogP contribution in [0.3, 0.4) is 0 Å². The monoisotopic (exact) mass is 292 g/mol. The van der Waals surface area contributed by atoms with E-state index < -0.39 is 0 Å². The lowest BCUT2D eigenvalue weighted by Crippen LogP contribution is -2.17. The number of furan rings is 1. The summed E-state index contributed by atoms with van der Waals surface area (Å²) < 4.78 is 5.63. The van der Waals surface area contributed by atoms with Gasteiger partial charge < -0.3 is 9.73 Å². The fraction of sp³-hybridized carbons (Fsp3) is 0.500. The second-order valence-corrected chi connectivity index (χ2v) is 6.60. The highest BCUT2D eigenvalue weighted by Gasteiger charge is 2.09. The first-order valence-corrected chi connectivity index (χ1v) is 7.93. The van der Waals surface area contributed by atoms with Crippen LogP contribution in [0.1, 0.15) is 33.8 Å². The lowest BCUT2D eigenvalue weighted by Gasteiger charge is -2.14. The molecule has 0 aliphatic carbocycles. The van der Waals surface area contributed by atoms with Crippen molar-refractivity contribution in [1.82, 2.24) is 10.2 Å². The molecular weight excluding hydrogens is 268 g/mol. The van der Waals surface area contributed by atoms with Gasteiger partial charge in [0.2, 0.25) is 0 Å². The first kappa shape index (κ1) is 15.3. The number of nitrogens with zero attached hydrogens (tertiary/aromatic N) is 1. The molecule has 0 radical (unpaired) electrons. The zero-order chi connectivity index (χ0) is 14.5. The van der Waals surface area contributed by atoms with Crippen molar-refractivity contribution in [2.24, 2.45) is 0 Å². The maximum absolute atomic E-state index is 5.63. The van der Waals surface area contributed by atoms with Gasteiger partial charge in [-0.1, -0.05) is 6.92 Å². The Bertz CT molecular complexity index is 544. The quantitative estimate of drug-likeness (QED) is 0.843. The Kier molecular flexibility index (Phi) is 5.40. The summed E-state index contributed by atoms with van der Waals surface area (Å²) in [5.74, 6) is 2.01. The first-order chi connectivity index (χ1) is 9.58.